The molecule has 6 heteroatoms. The van der Waals surface area contributed by atoms with Crippen LogP contribution in [0.2, 0.25) is 0 Å². The van der Waals surface area contributed by atoms with Crippen molar-refractivity contribution in [3.05, 3.63) is 77.7 Å². The summed E-state index contributed by atoms with van der Waals surface area (Å²) in [5, 5.41) is 19.4. The number of aliphatic hydroxyl groups excluding tert-OH is 1. The van der Waals surface area contributed by atoms with Crippen molar-refractivity contribution in [2.75, 3.05) is 6.54 Å². The summed E-state index contributed by atoms with van der Waals surface area (Å²) >= 11 is 0. The fraction of sp³-hybridized carbons (Fsp3) is 0.158. The number of halogens is 1. The van der Waals surface area contributed by atoms with Crippen molar-refractivity contribution in [3.63, 3.8) is 0 Å². The number of amides is 1. The second-order valence-corrected chi connectivity index (χ2v) is 5.61. The molecule has 1 atom stereocenters. The second-order valence-electron chi connectivity index (χ2n) is 5.61. The summed E-state index contributed by atoms with van der Waals surface area (Å²) in [7, 11) is 0. The van der Waals surface area contributed by atoms with Gasteiger partial charge in [-0.15, -0.1) is 0 Å². The summed E-state index contributed by atoms with van der Waals surface area (Å²) in [6.45, 7) is 0.288. The molecule has 1 heterocycles. The minimum atomic E-state index is -0.656. The van der Waals surface area contributed by atoms with Gasteiger partial charge in [0.25, 0.3) is 5.91 Å². The van der Waals surface area contributed by atoms with Crippen LogP contribution >= 0.6 is 0 Å². The maximum Gasteiger partial charge on any atom is 0.255 e. The van der Waals surface area contributed by atoms with E-state index in [1.165, 1.54) is 12.3 Å². The number of benzene rings is 2. The summed E-state index contributed by atoms with van der Waals surface area (Å²) in [5.74, 6) is -0.799. The van der Waals surface area contributed by atoms with Gasteiger partial charge in [0.15, 0.2) is 0 Å². The number of aromatic nitrogens is 2. The van der Waals surface area contributed by atoms with Crippen molar-refractivity contribution in [1.82, 2.24) is 15.5 Å². The molecule has 1 aromatic heterocycles. The van der Waals surface area contributed by atoms with Gasteiger partial charge in [0.1, 0.15) is 5.82 Å². The maximum absolute atomic E-state index is 13.9. The van der Waals surface area contributed by atoms with Crippen molar-refractivity contribution < 1.29 is 14.3 Å². The number of H-pyrrole nitrogens is 1. The molecular formula is C19H18FN3O2. The van der Waals surface area contributed by atoms with Crippen molar-refractivity contribution in [2.45, 2.75) is 12.5 Å². The van der Waals surface area contributed by atoms with Crippen molar-refractivity contribution in [3.8, 4) is 11.3 Å². The Morgan fingerprint density at radius 1 is 1.16 bits per heavy atom. The van der Waals surface area contributed by atoms with Crippen LogP contribution < -0.4 is 5.32 Å². The van der Waals surface area contributed by atoms with E-state index in [1.807, 2.05) is 30.3 Å². The molecule has 25 heavy (non-hydrogen) atoms. The molecule has 128 valence electrons. The molecule has 2 aromatic carbocycles. The molecule has 3 rings (SSSR count). The predicted molar refractivity (Wildman–Crippen MR) is 92.3 cm³/mol. The average molecular weight is 339 g/mol. The van der Waals surface area contributed by atoms with E-state index in [9.17, 15) is 14.3 Å². The zero-order valence-electron chi connectivity index (χ0n) is 13.4. The lowest BCUT2D eigenvalue weighted by Gasteiger charge is -2.11. The number of carbonyl (C=O) groups excluding carboxylic acids is 1. The normalized spacial score (nSPS) is 11.9. The van der Waals surface area contributed by atoms with E-state index in [-0.39, 0.29) is 23.6 Å². The molecule has 0 saturated carbocycles. The molecule has 0 aliphatic carbocycles. The first kappa shape index (κ1) is 16.9. The Hall–Kier alpha value is -2.99. The van der Waals surface area contributed by atoms with Crippen molar-refractivity contribution >= 4 is 5.91 Å². The van der Waals surface area contributed by atoms with Gasteiger partial charge in [-0.05, 0) is 24.1 Å². The van der Waals surface area contributed by atoms with Gasteiger partial charge < -0.3 is 10.4 Å². The van der Waals surface area contributed by atoms with Crippen LogP contribution in [0.3, 0.4) is 0 Å². The third kappa shape index (κ3) is 3.92. The van der Waals surface area contributed by atoms with E-state index < -0.39 is 11.9 Å². The summed E-state index contributed by atoms with van der Waals surface area (Å²) < 4.78 is 13.9. The molecule has 3 N–H and O–H groups in total. The molecule has 0 aliphatic heterocycles. The predicted octanol–water partition coefficient (Wildman–Crippen LogP) is 3.07. The van der Waals surface area contributed by atoms with Crippen LogP contribution in [0.25, 0.3) is 11.3 Å². The van der Waals surface area contributed by atoms with Gasteiger partial charge in [0.2, 0.25) is 0 Å². The van der Waals surface area contributed by atoms with Crippen LogP contribution in [0, 0.1) is 5.82 Å². The van der Waals surface area contributed by atoms with E-state index in [2.05, 4.69) is 15.5 Å². The van der Waals surface area contributed by atoms with Crippen LogP contribution in [0.1, 0.15) is 28.4 Å². The van der Waals surface area contributed by atoms with Gasteiger partial charge in [0, 0.05) is 12.1 Å². The number of hydrogen-bond acceptors (Lipinski definition) is 3. The van der Waals surface area contributed by atoms with Gasteiger partial charge in [-0.2, -0.15) is 5.10 Å². The SMILES string of the molecule is O=C(NCC[C@H](O)c1ccccc1)c1cn[nH]c1-c1ccccc1F. The first-order valence-corrected chi connectivity index (χ1v) is 7.96. The van der Waals surface area contributed by atoms with E-state index >= 15 is 0 Å². The summed E-state index contributed by atoms with van der Waals surface area (Å²) in [6, 6.07) is 15.4. The van der Waals surface area contributed by atoms with Crippen LogP contribution in [0.5, 0.6) is 0 Å². The van der Waals surface area contributed by atoms with Crippen LogP contribution in [-0.4, -0.2) is 27.8 Å². The number of nitrogens with one attached hydrogen (secondary N) is 2. The third-order valence-electron chi connectivity index (χ3n) is 3.91. The molecule has 5 nitrogen and oxygen atoms in total. The van der Waals surface area contributed by atoms with Crippen LogP contribution in [0.15, 0.2) is 60.8 Å². The lowest BCUT2D eigenvalue weighted by atomic mass is 10.1. The highest BCUT2D eigenvalue weighted by molar-refractivity contribution is 5.99. The smallest absolute Gasteiger partial charge is 0.255 e. The van der Waals surface area contributed by atoms with Crippen LogP contribution in [-0.2, 0) is 0 Å². The van der Waals surface area contributed by atoms with Gasteiger partial charge in [-0.1, -0.05) is 42.5 Å². The Kier molecular flexibility index (Phi) is 5.20. The Morgan fingerprint density at radius 3 is 2.64 bits per heavy atom. The Bertz CT molecular complexity index is 849. The number of hydrogen-bond donors (Lipinski definition) is 3. The number of nitrogens with zero attached hydrogens (tertiary/aromatic N) is 1. The Morgan fingerprint density at radius 2 is 1.88 bits per heavy atom. The van der Waals surface area contributed by atoms with Crippen molar-refractivity contribution in [2.24, 2.45) is 0 Å². The summed E-state index contributed by atoms with van der Waals surface area (Å²) in [6.07, 6.45) is 1.09. The lowest BCUT2D eigenvalue weighted by molar-refractivity contribution is 0.0943. The molecule has 0 bridgehead atoms. The quantitative estimate of drug-likeness (QED) is 0.646. The lowest BCUT2D eigenvalue weighted by Crippen LogP contribution is -2.25. The average Bonchev–Trinajstić information content (AvgIpc) is 3.12. The molecule has 0 spiro atoms. The highest BCUT2D eigenvalue weighted by atomic mass is 19.1. The largest absolute Gasteiger partial charge is 0.388 e. The molecule has 0 unspecified atom stereocenters. The van der Waals surface area contributed by atoms with Gasteiger partial charge in [0.05, 0.1) is 23.6 Å². The fourth-order valence-corrected chi connectivity index (χ4v) is 2.59. The van der Waals surface area contributed by atoms with Crippen LogP contribution in [0.4, 0.5) is 4.39 Å². The Labute approximate surface area is 144 Å². The summed E-state index contributed by atoms with van der Waals surface area (Å²) in [5.41, 5.74) is 1.68. The zero-order valence-corrected chi connectivity index (χ0v) is 13.4. The number of carbonyl (C=O) groups is 1. The number of aromatic amines is 1. The minimum Gasteiger partial charge on any atom is -0.388 e. The minimum absolute atomic E-state index is 0.263. The topological polar surface area (TPSA) is 78.0 Å². The van der Waals surface area contributed by atoms with Gasteiger partial charge in [-0.3, -0.25) is 9.89 Å². The first-order chi connectivity index (χ1) is 12.2. The second kappa shape index (κ2) is 7.72. The number of aliphatic hydroxyl groups is 1. The van der Waals surface area contributed by atoms with E-state index in [4.69, 9.17) is 0 Å². The third-order valence-corrected chi connectivity index (χ3v) is 3.91. The van der Waals surface area contributed by atoms with Crippen molar-refractivity contribution in [1.29, 1.82) is 0 Å². The summed E-state index contributed by atoms with van der Waals surface area (Å²) in [4.78, 5) is 12.4. The molecular weight excluding hydrogens is 321 g/mol. The molecule has 3 aromatic rings. The number of rotatable bonds is 6. The maximum atomic E-state index is 13.9. The molecule has 0 aliphatic rings. The zero-order chi connectivity index (χ0) is 17.6. The fourth-order valence-electron chi connectivity index (χ4n) is 2.59. The van der Waals surface area contributed by atoms with E-state index in [0.717, 1.165) is 5.56 Å². The monoisotopic (exact) mass is 339 g/mol. The van der Waals surface area contributed by atoms with Gasteiger partial charge >= 0.3 is 0 Å². The Balaban J connectivity index is 1.63. The highest BCUT2D eigenvalue weighted by Gasteiger charge is 2.17. The highest BCUT2D eigenvalue weighted by Crippen LogP contribution is 2.24. The first-order valence-electron chi connectivity index (χ1n) is 7.96. The standard InChI is InChI=1S/C19H18FN3O2/c20-16-9-5-4-8-14(16)18-15(12-22-23-18)19(25)21-11-10-17(24)13-6-2-1-3-7-13/h1-9,12,17,24H,10-11H2,(H,21,25)(H,22,23)/t17-/m0/s1. The molecule has 0 fully saturated rings. The van der Waals surface area contributed by atoms with E-state index in [0.29, 0.717) is 12.1 Å². The molecule has 1 amide bonds. The van der Waals surface area contributed by atoms with Gasteiger partial charge in [-0.25, -0.2) is 4.39 Å². The molecule has 0 saturated heterocycles. The molecule has 0 radical (unpaired) electrons. The van der Waals surface area contributed by atoms with E-state index in [1.54, 1.807) is 18.2 Å².